The Bertz CT molecular complexity index is 810. The third-order valence-corrected chi connectivity index (χ3v) is 5.06. The molecule has 1 aromatic carbocycles. The number of nitrogens with zero attached hydrogens (tertiary/aromatic N) is 1. The highest BCUT2D eigenvalue weighted by Gasteiger charge is 2.16. The number of nitrogens with one attached hydrogen (secondary N) is 1. The molecular formula is C21H24N2O2S. The third-order valence-electron chi connectivity index (χ3n) is 4.36. The molecule has 26 heavy (non-hydrogen) atoms. The summed E-state index contributed by atoms with van der Waals surface area (Å²) in [5.74, 6) is 1.72. The summed E-state index contributed by atoms with van der Waals surface area (Å²) in [5.41, 5.74) is 2.28. The lowest BCUT2D eigenvalue weighted by Gasteiger charge is -2.24. The fourth-order valence-corrected chi connectivity index (χ4v) is 3.58. The first-order valence-corrected chi connectivity index (χ1v) is 9.67. The second-order valence-corrected chi connectivity index (χ2v) is 7.25. The van der Waals surface area contributed by atoms with E-state index in [1.54, 1.807) is 11.3 Å². The molecule has 1 unspecified atom stereocenters. The van der Waals surface area contributed by atoms with Gasteiger partial charge in [-0.15, -0.1) is 0 Å². The SMILES string of the molecule is CN(C)C(CNC(=O)CCc1ccc(-c2ccccc2)o1)c1ccsc1. The molecule has 0 radical (unpaired) electrons. The van der Waals surface area contributed by atoms with Gasteiger partial charge in [-0.05, 0) is 48.6 Å². The zero-order valence-corrected chi connectivity index (χ0v) is 16.0. The van der Waals surface area contributed by atoms with Crippen LogP contribution in [0.4, 0.5) is 0 Å². The number of likely N-dealkylation sites (N-methyl/N-ethyl adjacent to an activating group) is 1. The van der Waals surface area contributed by atoms with Crippen molar-refractivity contribution in [3.05, 3.63) is 70.6 Å². The second-order valence-electron chi connectivity index (χ2n) is 6.47. The van der Waals surface area contributed by atoms with Gasteiger partial charge in [-0.1, -0.05) is 30.3 Å². The maximum absolute atomic E-state index is 12.2. The van der Waals surface area contributed by atoms with Gasteiger partial charge >= 0.3 is 0 Å². The first-order chi connectivity index (χ1) is 12.6. The van der Waals surface area contributed by atoms with Crippen molar-refractivity contribution in [2.75, 3.05) is 20.6 Å². The second kappa shape index (κ2) is 8.83. The summed E-state index contributed by atoms with van der Waals surface area (Å²) in [5, 5.41) is 7.24. The highest BCUT2D eigenvalue weighted by Crippen LogP contribution is 2.23. The van der Waals surface area contributed by atoms with Gasteiger partial charge in [-0.2, -0.15) is 11.3 Å². The van der Waals surface area contributed by atoms with E-state index in [-0.39, 0.29) is 11.9 Å². The van der Waals surface area contributed by atoms with Gasteiger partial charge in [0.25, 0.3) is 0 Å². The van der Waals surface area contributed by atoms with Gasteiger partial charge < -0.3 is 14.6 Å². The quantitative estimate of drug-likeness (QED) is 0.642. The zero-order valence-electron chi connectivity index (χ0n) is 15.1. The van der Waals surface area contributed by atoms with Crippen LogP contribution in [0, 0.1) is 0 Å². The Labute approximate surface area is 158 Å². The first kappa shape index (κ1) is 18.4. The van der Waals surface area contributed by atoms with Crippen molar-refractivity contribution in [1.29, 1.82) is 0 Å². The lowest BCUT2D eigenvalue weighted by Crippen LogP contribution is -2.34. The minimum absolute atomic E-state index is 0.0461. The molecule has 0 bridgehead atoms. The molecule has 0 aliphatic carbocycles. The number of carbonyl (C=O) groups is 1. The molecule has 2 aromatic heterocycles. The van der Waals surface area contributed by atoms with Gasteiger partial charge in [0.1, 0.15) is 11.5 Å². The third kappa shape index (κ3) is 4.84. The molecule has 0 spiro atoms. The van der Waals surface area contributed by atoms with Crippen LogP contribution in [0.3, 0.4) is 0 Å². The molecule has 1 atom stereocenters. The normalized spacial score (nSPS) is 12.3. The molecule has 0 aliphatic heterocycles. The molecule has 2 heterocycles. The van der Waals surface area contributed by atoms with Crippen molar-refractivity contribution in [2.45, 2.75) is 18.9 Å². The minimum atomic E-state index is 0.0461. The van der Waals surface area contributed by atoms with E-state index < -0.39 is 0 Å². The van der Waals surface area contributed by atoms with Crippen LogP contribution >= 0.6 is 11.3 Å². The van der Waals surface area contributed by atoms with Gasteiger partial charge in [0.2, 0.25) is 5.91 Å². The number of benzene rings is 1. The van der Waals surface area contributed by atoms with Crippen LogP contribution in [0.15, 0.2) is 63.7 Å². The number of hydrogen-bond donors (Lipinski definition) is 1. The minimum Gasteiger partial charge on any atom is -0.461 e. The predicted octanol–water partition coefficient (Wildman–Crippen LogP) is 4.36. The number of thiophene rings is 1. The molecular weight excluding hydrogens is 344 g/mol. The lowest BCUT2D eigenvalue weighted by atomic mass is 10.1. The average Bonchev–Trinajstić information content (AvgIpc) is 3.33. The van der Waals surface area contributed by atoms with Crippen LogP contribution in [0.2, 0.25) is 0 Å². The molecule has 1 amide bonds. The molecule has 0 saturated carbocycles. The monoisotopic (exact) mass is 368 g/mol. The van der Waals surface area contributed by atoms with Crippen molar-refractivity contribution in [3.63, 3.8) is 0 Å². The summed E-state index contributed by atoms with van der Waals surface area (Å²) in [6.45, 7) is 0.607. The number of furan rings is 1. The Morgan fingerprint density at radius 3 is 2.65 bits per heavy atom. The molecule has 4 nitrogen and oxygen atoms in total. The fraction of sp³-hybridized carbons (Fsp3) is 0.286. The summed E-state index contributed by atoms with van der Waals surface area (Å²) in [4.78, 5) is 14.3. The van der Waals surface area contributed by atoms with Crippen molar-refractivity contribution < 1.29 is 9.21 Å². The number of hydrogen-bond acceptors (Lipinski definition) is 4. The smallest absolute Gasteiger partial charge is 0.220 e. The maximum atomic E-state index is 12.2. The van der Waals surface area contributed by atoms with Crippen LogP contribution in [-0.2, 0) is 11.2 Å². The first-order valence-electron chi connectivity index (χ1n) is 8.73. The standard InChI is InChI=1S/C21H24N2O2S/c1-23(2)19(17-12-13-26-15-17)14-22-21(24)11-9-18-8-10-20(25-18)16-6-4-3-5-7-16/h3-8,10,12-13,15,19H,9,11,14H2,1-2H3,(H,22,24). The van der Waals surface area contributed by atoms with Gasteiger partial charge in [0.15, 0.2) is 0 Å². The van der Waals surface area contributed by atoms with Crippen LogP contribution in [0.5, 0.6) is 0 Å². The summed E-state index contributed by atoms with van der Waals surface area (Å²) in [7, 11) is 4.06. The van der Waals surface area contributed by atoms with E-state index in [4.69, 9.17) is 4.42 Å². The Hall–Kier alpha value is -2.37. The van der Waals surface area contributed by atoms with Gasteiger partial charge in [0, 0.05) is 24.9 Å². The molecule has 0 fully saturated rings. The predicted molar refractivity (Wildman–Crippen MR) is 106 cm³/mol. The molecule has 0 saturated heterocycles. The summed E-state index contributed by atoms with van der Waals surface area (Å²) in [6.07, 6.45) is 1.02. The van der Waals surface area contributed by atoms with E-state index in [9.17, 15) is 4.79 Å². The number of rotatable bonds is 8. The van der Waals surface area contributed by atoms with Gasteiger partial charge in [-0.25, -0.2) is 0 Å². The van der Waals surface area contributed by atoms with E-state index >= 15 is 0 Å². The Kier molecular flexibility index (Phi) is 6.26. The zero-order chi connectivity index (χ0) is 18.4. The summed E-state index contributed by atoms with van der Waals surface area (Å²) in [6, 6.07) is 16.2. The van der Waals surface area contributed by atoms with Gasteiger partial charge in [-0.3, -0.25) is 4.79 Å². The molecule has 1 N–H and O–H groups in total. The van der Waals surface area contributed by atoms with Crippen molar-refractivity contribution >= 4 is 17.2 Å². The summed E-state index contributed by atoms with van der Waals surface area (Å²) >= 11 is 1.68. The molecule has 136 valence electrons. The Morgan fingerprint density at radius 1 is 1.15 bits per heavy atom. The van der Waals surface area contributed by atoms with E-state index in [1.807, 2.05) is 56.6 Å². The Morgan fingerprint density at radius 2 is 1.96 bits per heavy atom. The van der Waals surface area contributed by atoms with Crippen LogP contribution in [0.25, 0.3) is 11.3 Å². The topological polar surface area (TPSA) is 45.5 Å². The van der Waals surface area contributed by atoms with E-state index in [0.29, 0.717) is 19.4 Å². The number of aryl methyl sites for hydroxylation is 1. The molecule has 0 aliphatic rings. The number of amides is 1. The molecule has 3 aromatic rings. The van der Waals surface area contributed by atoms with Gasteiger partial charge in [0.05, 0.1) is 6.04 Å². The lowest BCUT2D eigenvalue weighted by molar-refractivity contribution is -0.121. The summed E-state index contributed by atoms with van der Waals surface area (Å²) < 4.78 is 5.86. The van der Waals surface area contributed by atoms with Crippen LogP contribution in [0.1, 0.15) is 23.8 Å². The van der Waals surface area contributed by atoms with E-state index in [0.717, 1.165) is 17.1 Å². The number of carbonyl (C=O) groups excluding carboxylic acids is 1. The van der Waals surface area contributed by atoms with E-state index in [1.165, 1.54) is 5.56 Å². The Balaban J connectivity index is 1.49. The maximum Gasteiger partial charge on any atom is 0.220 e. The van der Waals surface area contributed by atoms with Crippen LogP contribution < -0.4 is 5.32 Å². The van der Waals surface area contributed by atoms with Crippen molar-refractivity contribution in [2.24, 2.45) is 0 Å². The average molecular weight is 369 g/mol. The molecule has 5 heteroatoms. The van der Waals surface area contributed by atoms with Crippen molar-refractivity contribution in [1.82, 2.24) is 10.2 Å². The molecule has 3 rings (SSSR count). The van der Waals surface area contributed by atoms with Crippen LogP contribution in [-0.4, -0.2) is 31.4 Å². The highest BCUT2D eigenvalue weighted by molar-refractivity contribution is 7.07. The van der Waals surface area contributed by atoms with E-state index in [2.05, 4.69) is 27.0 Å². The highest BCUT2D eigenvalue weighted by atomic mass is 32.1. The van der Waals surface area contributed by atoms with Crippen molar-refractivity contribution in [3.8, 4) is 11.3 Å². The largest absolute Gasteiger partial charge is 0.461 e. The fourth-order valence-electron chi connectivity index (χ4n) is 2.87.